The minimum absolute atomic E-state index is 0.486. The van der Waals surface area contributed by atoms with Gasteiger partial charge in [0.15, 0.2) is 0 Å². The molecule has 0 saturated heterocycles. The quantitative estimate of drug-likeness (QED) is 0.759. The Morgan fingerprint density at radius 2 is 1.90 bits per heavy atom. The lowest BCUT2D eigenvalue weighted by Gasteiger charge is -2.25. The minimum atomic E-state index is 0.486. The lowest BCUT2D eigenvalue weighted by molar-refractivity contribution is 0.475. The van der Waals surface area contributed by atoms with Crippen LogP contribution in [0.25, 0.3) is 0 Å². The van der Waals surface area contributed by atoms with Crippen LogP contribution in [0.5, 0.6) is 0 Å². The van der Waals surface area contributed by atoms with Gasteiger partial charge in [-0.05, 0) is 67.3 Å². The largest absolute Gasteiger partial charge is 0.377 e. The van der Waals surface area contributed by atoms with E-state index in [1.807, 2.05) is 11.3 Å². The highest BCUT2D eigenvalue weighted by molar-refractivity contribution is 7.10. The van der Waals surface area contributed by atoms with E-state index < -0.39 is 0 Å². The predicted octanol–water partition coefficient (Wildman–Crippen LogP) is 5.71. The molecule has 1 aromatic heterocycles. The molecular formula is C18H23NS. The molecule has 1 aliphatic carbocycles. The first-order valence-corrected chi connectivity index (χ1v) is 8.49. The number of thiophene rings is 1. The van der Waals surface area contributed by atoms with Gasteiger partial charge in [0.25, 0.3) is 0 Å². The topological polar surface area (TPSA) is 12.0 Å². The summed E-state index contributed by atoms with van der Waals surface area (Å²) in [6.07, 6.45) is 5.50. The van der Waals surface area contributed by atoms with Gasteiger partial charge < -0.3 is 5.32 Å². The number of aryl methyl sites for hydroxylation is 2. The van der Waals surface area contributed by atoms with Crippen molar-refractivity contribution in [3.05, 3.63) is 51.7 Å². The van der Waals surface area contributed by atoms with Crippen LogP contribution in [0.2, 0.25) is 0 Å². The lowest BCUT2D eigenvalue weighted by atomic mass is 9.96. The summed E-state index contributed by atoms with van der Waals surface area (Å²) in [6, 6.07) is 11.7. The van der Waals surface area contributed by atoms with E-state index in [0.717, 1.165) is 5.92 Å². The molecule has 1 nitrogen and oxygen atoms in total. The van der Waals surface area contributed by atoms with Gasteiger partial charge in [-0.1, -0.05) is 25.0 Å². The average Bonchev–Trinajstić information content (AvgIpc) is 3.12. The molecule has 2 aromatic rings. The Labute approximate surface area is 126 Å². The second-order valence-corrected chi connectivity index (χ2v) is 6.96. The molecule has 1 N–H and O–H groups in total. The van der Waals surface area contributed by atoms with E-state index in [1.54, 1.807) is 0 Å². The summed E-state index contributed by atoms with van der Waals surface area (Å²) < 4.78 is 0. The Balaban J connectivity index is 1.84. The van der Waals surface area contributed by atoms with E-state index in [4.69, 9.17) is 0 Å². The number of hydrogen-bond acceptors (Lipinski definition) is 2. The first-order chi connectivity index (χ1) is 9.74. The molecule has 3 rings (SSSR count). The third-order valence-corrected chi connectivity index (χ3v) is 5.51. The molecule has 1 unspecified atom stereocenters. The summed E-state index contributed by atoms with van der Waals surface area (Å²) in [5, 5.41) is 6.00. The molecule has 0 amide bonds. The van der Waals surface area contributed by atoms with Crippen LogP contribution in [0.1, 0.15) is 47.7 Å². The molecule has 1 heterocycles. The van der Waals surface area contributed by atoms with E-state index in [9.17, 15) is 0 Å². The number of nitrogens with one attached hydrogen (secondary N) is 1. The molecule has 2 heteroatoms. The highest BCUT2D eigenvalue weighted by atomic mass is 32.1. The van der Waals surface area contributed by atoms with Gasteiger partial charge >= 0.3 is 0 Å². The maximum Gasteiger partial charge on any atom is 0.0634 e. The van der Waals surface area contributed by atoms with Crippen LogP contribution in [0.4, 0.5) is 5.69 Å². The highest BCUT2D eigenvalue weighted by Gasteiger charge is 2.27. The first kappa shape index (κ1) is 13.7. The Bertz CT molecular complexity index is 553. The standard InChI is InChI=1S/C18H23NS/c1-13-9-10-16(12-14(13)2)19-18(15-6-3-4-7-15)17-8-5-11-20-17/h5,8-12,15,18-19H,3-4,6-7H2,1-2H3. The first-order valence-electron chi connectivity index (χ1n) is 7.61. The fourth-order valence-corrected chi connectivity index (χ4v) is 4.06. The number of hydrogen-bond donors (Lipinski definition) is 1. The molecule has 0 spiro atoms. The van der Waals surface area contributed by atoms with E-state index >= 15 is 0 Å². The second kappa shape index (κ2) is 6.01. The van der Waals surface area contributed by atoms with Crippen molar-refractivity contribution in [3.8, 4) is 0 Å². The molecule has 20 heavy (non-hydrogen) atoms. The van der Waals surface area contributed by atoms with Crippen molar-refractivity contribution < 1.29 is 0 Å². The van der Waals surface area contributed by atoms with Gasteiger partial charge in [0, 0.05) is 10.6 Å². The van der Waals surface area contributed by atoms with Crippen LogP contribution in [0, 0.1) is 19.8 Å². The van der Waals surface area contributed by atoms with Crippen molar-refractivity contribution in [1.29, 1.82) is 0 Å². The van der Waals surface area contributed by atoms with Gasteiger partial charge in [-0.15, -0.1) is 11.3 Å². The summed E-state index contributed by atoms with van der Waals surface area (Å²) in [7, 11) is 0. The van der Waals surface area contributed by atoms with Crippen LogP contribution in [0.15, 0.2) is 35.7 Å². The smallest absolute Gasteiger partial charge is 0.0634 e. The molecular weight excluding hydrogens is 262 g/mol. The van der Waals surface area contributed by atoms with E-state index in [1.165, 1.54) is 47.4 Å². The van der Waals surface area contributed by atoms with Crippen molar-refractivity contribution in [2.45, 2.75) is 45.6 Å². The Morgan fingerprint density at radius 1 is 1.10 bits per heavy atom. The van der Waals surface area contributed by atoms with E-state index in [0.29, 0.717) is 6.04 Å². The number of rotatable bonds is 4. The summed E-state index contributed by atoms with van der Waals surface area (Å²) in [4.78, 5) is 1.48. The Hall–Kier alpha value is -1.28. The third-order valence-electron chi connectivity index (χ3n) is 4.55. The molecule has 1 fully saturated rings. The molecule has 0 radical (unpaired) electrons. The summed E-state index contributed by atoms with van der Waals surface area (Å²) in [6.45, 7) is 4.36. The highest BCUT2D eigenvalue weighted by Crippen LogP contribution is 2.39. The monoisotopic (exact) mass is 285 g/mol. The Kier molecular flexibility index (Phi) is 4.11. The fourth-order valence-electron chi connectivity index (χ4n) is 3.19. The molecule has 106 valence electrons. The normalized spacial score (nSPS) is 17.3. The maximum atomic E-state index is 3.80. The van der Waals surface area contributed by atoms with Crippen molar-refractivity contribution in [1.82, 2.24) is 0 Å². The van der Waals surface area contributed by atoms with Crippen LogP contribution < -0.4 is 5.32 Å². The van der Waals surface area contributed by atoms with Gasteiger partial charge in [0.2, 0.25) is 0 Å². The van der Waals surface area contributed by atoms with Crippen LogP contribution >= 0.6 is 11.3 Å². The summed E-state index contributed by atoms with van der Waals surface area (Å²) in [5.41, 5.74) is 3.99. The van der Waals surface area contributed by atoms with Crippen molar-refractivity contribution in [3.63, 3.8) is 0 Å². The van der Waals surface area contributed by atoms with Crippen LogP contribution in [-0.2, 0) is 0 Å². The van der Waals surface area contributed by atoms with Crippen molar-refractivity contribution >= 4 is 17.0 Å². The van der Waals surface area contributed by atoms with E-state index in [2.05, 4.69) is 54.9 Å². The second-order valence-electron chi connectivity index (χ2n) is 5.98. The van der Waals surface area contributed by atoms with Gasteiger partial charge in [-0.2, -0.15) is 0 Å². The minimum Gasteiger partial charge on any atom is -0.377 e. The molecule has 1 aliphatic rings. The van der Waals surface area contributed by atoms with Gasteiger partial charge in [-0.3, -0.25) is 0 Å². The van der Waals surface area contributed by atoms with Crippen molar-refractivity contribution in [2.24, 2.45) is 5.92 Å². The molecule has 1 atom stereocenters. The average molecular weight is 285 g/mol. The Morgan fingerprint density at radius 3 is 2.55 bits per heavy atom. The summed E-state index contributed by atoms with van der Waals surface area (Å²) in [5.74, 6) is 0.787. The van der Waals surface area contributed by atoms with Crippen molar-refractivity contribution in [2.75, 3.05) is 5.32 Å². The number of anilines is 1. The van der Waals surface area contributed by atoms with Gasteiger partial charge in [-0.25, -0.2) is 0 Å². The lowest BCUT2D eigenvalue weighted by Crippen LogP contribution is -2.18. The zero-order valence-electron chi connectivity index (χ0n) is 12.4. The fraction of sp³-hybridized carbons (Fsp3) is 0.444. The number of benzene rings is 1. The third kappa shape index (κ3) is 2.90. The zero-order valence-corrected chi connectivity index (χ0v) is 13.2. The van der Waals surface area contributed by atoms with Gasteiger partial charge in [0.05, 0.1) is 6.04 Å². The molecule has 0 aliphatic heterocycles. The molecule has 1 aromatic carbocycles. The predicted molar refractivity (Wildman–Crippen MR) is 88.6 cm³/mol. The SMILES string of the molecule is Cc1ccc(NC(c2cccs2)C2CCCC2)cc1C. The van der Waals surface area contributed by atoms with Crippen LogP contribution in [0.3, 0.4) is 0 Å². The van der Waals surface area contributed by atoms with Crippen LogP contribution in [-0.4, -0.2) is 0 Å². The van der Waals surface area contributed by atoms with Gasteiger partial charge in [0.1, 0.15) is 0 Å². The molecule has 1 saturated carbocycles. The zero-order chi connectivity index (χ0) is 13.9. The maximum absolute atomic E-state index is 3.80. The molecule has 0 bridgehead atoms. The van der Waals surface area contributed by atoms with E-state index in [-0.39, 0.29) is 0 Å². The summed E-state index contributed by atoms with van der Waals surface area (Å²) >= 11 is 1.88.